The fourth-order valence-corrected chi connectivity index (χ4v) is 2.72. The molecule has 0 fully saturated rings. The second kappa shape index (κ2) is 9.71. The minimum atomic E-state index is -4.39. The molecular weight excluding hydrogens is 327 g/mol. The van der Waals surface area contributed by atoms with E-state index in [2.05, 4.69) is 39.4 Å². The van der Waals surface area contributed by atoms with Gasteiger partial charge in [-0.15, -0.1) is 11.3 Å². The van der Waals surface area contributed by atoms with Gasteiger partial charge in [-0.3, -0.25) is 4.99 Å². The van der Waals surface area contributed by atoms with Crippen molar-refractivity contribution >= 4 is 17.3 Å². The van der Waals surface area contributed by atoms with Crippen LogP contribution in [-0.4, -0.2) is 49.1 Å². The highest BCUT2D eigenvalue weighted by Crippen LogP contribution is 2.29. The van der Waals surface area contributed by atoms with Gasteiger partial charge >= 0.3 is 6.18 Å². The molecule has 0 bridgehead atoms. The van der Waals surface area contributed by atoms with Crippen LogP contribution in [0.2, 0.25) is 0 Å². The van der Waals surface area contributed by atoms with Crippen LogP contribution in [0.4, 0.5) is 13.2 Å². The van der Waals surface area contributed by atoms with E-state index in [0.29, 0.717) is 11.0 Å². The summed E-state index contributed by atoms with van der Waals surface area (Å²) in [5.74, 6) is 0.557. The first-order chi connectivity index (χ1) is 10.9. The Morgan fingerprint density at radius 2 is 2.04 bits per heavy atom. The molecule has 0 saturated carbocycles. The summed E-state index contributed by atoms with van der Waals surface area (Å²) in [5.41, 5.74) is -0.847. The lowest BCUT2D eigenvalue weighted by Crippen LogP contribution is -2.41. The normalized spacial score (nSPS) is 12.7. The maximum atomic E-state index is 12.5. The third-order valence-electron chi connectivity index (χ3n) is 3.18. The minimum absolute atomic E-state index is 0.215. The van der Waals surface area contributed by atoms with E-state index in [1.54, 1.807) is 7.05 Å². The Morgan fingerprint density at radius 3 is 2.57 bits per heavy atom. The molecule has 1 aromatic rings. The van der Waals surface area contributed by atoms with Crippen LogP contribution in [0.5, 0.6) is 0 Å². The summed E-state index contributed by atoms with van der Waals surface area (Å²) in [6.45, 7) is 8.11. The summed E-state index contributed by atoms with van der Waals surface area (Å²) in [6, 6.07) is 0. The molecule has 0 aliphatic heterocycles. The number of rotatable bonds is 8. The Kier molecular flexibility index (Phi) is 8.32. The van der Waals surface area contributed by atoms with Crippen LogP contribution in [0.1, 0.15) is 31.0 Å². The fourth-order valence-electron chi connectivity index (χ4n) is 1.98. The van der Waals surface area contributed by atoms with Crippen LogP contribution in [-0.2, 0) is 12.7 Å². The Bertz CT molecular complexity index is 487. The van der Waals surface area contributed by atoms with Gasteiger partial charge in [0.25, 0.3) is 0 Å². The van der Waals surface area contributed by atoms with E-state index in [9.17, 15) is 13.2 Å². The van der Waals surface area contributed by atoms with E-state index in [1.165, 1.54) is 0 Å². The highest BCUT2D eigenvalue weighted by atomic mass is 32.1. The lowest BCUT2D eigenvalue weighted by atomic mass is 10.4. The maximum absolute atomic E-state index is 12.5. The van der Waals surface area contributed by atoms with Gasteiger partial charge in [0.2, 0.25) is 0 Å². The molecule has 0 radical (unpaired) electrons. The zero-order valence-corrected chi connectivity index (χ0v) is 14.5. The maximum Gasteiger partial charge on any atom is 0.434 e. The number of likely N-dealkylation sites (N-methyl/N-ethyl adjacent to an activating group) is 1. The number of alkyl halides is 3. The SMILES string of the molecule is CCCN(CC)CCNC(=NC)NCc1nc(C(F)(F)F)cs1. The molecule has 132 valence electrons. The summed E-state index contributed by atoms with van der Waals surface area (Å²) in [6.07, 6.45) is -3.29. The minimum Gasteiger partial charge on any atom is -0.355 e. The number of halogens is 3. The average Bonchev–Trinajstić information content (AvgIpc) is 2.98. The van der Waals surface area contributed by atoms with Gasteiger partial charge in [0.1, 0.15) is 5.01 Å². The number of hydrogen-bond acceptors (Lipinski definition) is 4. The van der Waals surface area contributed by atoms with Crippen LogP contribution >= 0.6 is 11.3 Å². The second-order valence-electron chi connectivity index (χ2n) is 4.91. The van der Waals surface area contributed by atoms with Crippen LogP contribution in [0, 0.1) is 0 Å². The van der Waals surface area contributed by atoms with Gasteiger partial charge in [0, 0.05) is 25.5 Å². The summed E-state index contributed by atoms with van der Waals surface area (Å²) in [5, 5.41) is 7.53. The molecule has 0 amide bonds. The van der Waals surface area contributed by atoms with E-state index in [-0.39, 0.29) is 6.54 Å². The van der Waals surface area contributed by atoms with Crippen molar-refractivity contribution in [2.24, 2.45) is 4.99 Å². The summed E-state index contributed by atoms with van der Waals surface area (Å²) in [4.78, 5) is 9.95. The van der Waals surface area contributed by atoms with Crippen LogP contribution < -0.4 is 10.6 Å². The molecule has 0 aliphatic carbocycles. The molecule has 23 heavy (non-hydrogen) atoms. The predicted molar refractivity (Wildman–Crippen MR) is 87.7 cm³/mol. The zero-order chi connectivity index (χ0) is 17.3. The topological polar surface area (TPSA) is 52.5 Å². The van der Waals surface area contributed by atoms with Gasteiger partial charge in [0.15, 0.2) is 11.7 Å². The molecule has 0 aliphatic rings. The molecule has 0 spiro atoms. The van der Waals surface area contributed by atoms with Crippen molar-refractivity contribution in [3.63, 3.8) is 0 Å². The first kappa shape index (κ1) is 19.7. The second-order valence-corrected chi connectivity index (χ2v) is 5.85. The van der Waals surface area contributed by atoms with Crippen molar-refractivity contribution in [3.05, 3.63) is 16.1 Å². The molecular formula is C14H24F3N5S. The lowest BCUT2D eigenvalue weighted by molar-refractivity contribution is -0.140. The molecule has 5 nitrogen and oxygen atoms in total. The van der Waals surface area contributed by atoms with E-state index in [0.717, 1.165) is 49.3 Å². The smallest absolute Gasteiger partial charge is 0.355 e. The first-order valence-corrected chi connectivity index (χ1v) is 8.47. The number of aromatic nitrogens is 1. The Balaban J connectivity index is 2.38. The summed E-state index contributed by atoms with van der Waals surface area (Å²) < 4.78 is 37.5. The quantitative estimate of drug-likeness (QED) is 0.558. The Hall–Kier alpha value is -1.35. The molecule has 1 rings (SSSR count). The van der Waals surface area contributed by atoms with Crippen molar-refractivity contribution in [2.75, 3.05) is 33.2 Å². The molecule has 1 heterocycles. The average molecular weight is 351 g/mol. The molecule has 0 aromatic carbocycles. The Morgan fingerprint density at radius 1 is 1.30 bits per heavy atom. The number of guanidine groups is 1. The van der Waals surface area contributed by atoms with Crippen molar-refractivity contribution in [1.29, 1.82) is 0 Å². The standard InChI is InChI=1S/C14H24F3N5S/c1-4-7-22(5-2)8-6-19-13(18-3)20-9-12-21-11(10-23-12)14(15,16)17/h10H,4-9H2,1-3H3,(H2,18,19,20). The zero-order valence-electron chi connectivity index (χ0n) is 13.7. The monoisotopic (exact) mass is 351 g/mol. The van der Waals surface area contributed by atoms with Crippen LogP contribution in [0.3, 0.4) is 0 Å². The van der Waals surface area contributed by atoms with Crippen LogP contribution in [0.25, 0.3) is 0 Å². The Labute approximate surface area is 139 Å². The number of thiazole rings is 1. The number of nitrogens with one attached hydrogen (secondary N) is 2. The van der Waals surface area contributed by atoms with E-state index in [4.69, 9.17) is 0 Å². The molecule has 0 unspecified atom stereocenters. The van der Waals surface area contributed by atoms with Gasteiger partial charge in [-0.25, -0.2) is 4.98 Å². The molecule has 2 N–H and O–H groups in total. The van der Waals surface area contributed by atoms with Gasteiger partial charge in [-0.2, -0.15) is 13.2 Å². The lowest BCUT2D eigenvalue weighted by Gasteiger charge is -2.20. The third-order valence-corrected chi connectivity index (χ3v) is 4.03. The number of aliphatic imine (C=N–C) groups is 1. The summed E-state index contributed by atoms with van der Waals surface area (Å²) in [7, 11) is 1.63. The highest BCUT2D eigenvalue weighted by Gasteiger charge is 2.33. The van der Waals surface area contributed by atoms with Crippen molar-refractivity contribution in [3.8, 4) is 0 Å². The van der Waals surface area contributed by atoms with Gasteiger partial charge < -0.3 is 15.5 Å². The summed E-state index contributed by atoms with van der Waals surface area (Å²) >= 11 is 0.983. The molecule has 0 atom stereocenters. The van der Waals surface area contributed by atoms with E-state index >= 15 is 0 Å². The molecule has 9 heteroatoms. The van der Waals surface area contributed by atoms with Crippen molar-refractivity contribution < 1.29 is 13.2 Å². The van der Waals surface area contributed by atoms with Crippen LogP contribution in [0.15, 0.2) is 10.4 Å². The van der Waals surface area contributed by atoms with E-state index < -0.39 is 11.9 Å². The van der Waals surface area contributed by atoms with Gasteiger partial charge in [0.05, 0.1) is 6.54 Å². The van der Waals surface area contributed by atoms with Crippen molar-refractivity contribution in [1.82, 2.24) is 20.5 Å². The fraction of sp³-hybridized carbons (Fsp3) is 0.714. The van der Waals surface area contributed by atoms with Gasteiger partial charge in [-0.05, 0) is 19.5 Å². The largest absolute Gasteiger partial charge is 0.434 e. The predicted octanol–water partition coefficient (Wildman–Crippen LogP) is 2.56. The first-order valence-electron chi connectivity index (χ1n) is 7.59. The number of hydrogen-bond donors (Lipinski definition) is 2. The molecule has 1 aromatic heterocycles. The number of nitrogens with zero attached hydrogens (tertiary/aromatic N) is 3. The third kappa shape index (κ3) is 7.17. The van der Waals surface area contributed by atoms with Crippen molar-refractivity contribution in [2.45, 2.75) is 33.0 Å². The van der Waals surface area contributed by atoms with Gasteiger partial charge in [-0.1, -0.05) is 13.8 Å². The molecule has 0 saturated heterocycles. The highest BCUT2D eigenvalue weighted by molar-refractivity contribution is 7.09. The van der Waals surface area contributed by atoms with E-state index in [1.807, 2.05) is 0 Å².